The van der Waals surface area contributed by atoms with Crippen LogP contribution in [0.5, 0.6) is 0 Å². The van der Waals surface area contributed by atoms with Crippen LogP contribution in [0, 0.1) is 0 Å². The lowest BCUT2D eigenvalue weighted by Crippen LogP contribution is -2.51. The molecule has 0 fully saturated rings. The van der Waals surface area contributed by atoms with E-state index in [4.69, 9.17) is 4.74 Å². The van der Waals surface area contributed by atoms with Gasteiger partial charge in [-0.1, -0.05) is 34.9 Å². The molecule has 0 spiro atoms. The van der Waals surface area contributed by atoms with E-state index in [9.17, 15) is 19.5 Å². The van der Waals surface area contributed by atoms with Gasteiger partial charge in [-0.25, -0.2) is 9.59 Å². The number of carboxylic acids is 1. The van der Waals surface area contributed by atoms with Gasteiger partial charge in [-0.3, -0.25) is 4.79 Å². The highest BCUT2D eigenvalue weighted by molar-refractivity contribution is 7.99. The number of nitrogens with one attached hydrogen (secondary N) is 2. The second-order valence-corrected chi connectivity index (χ2v) is 10.8. The standard InChI is InChI=1S/C26H44N2O5S/c1-18(2)11-9-12-19(3)13-10-14-20(4)15-16-34-17-22(24(30)31)28-23(29)21(5)27-25(32)33-26(6,7)8/h11,13,15,21-22H,9-10,12,14,16-17H2,1-8H3,(H,27,32)(H,28,29)(H,30,31)/b19-13+,20-15+/t21?,22-/m0/s1. The van der Waals surface area contributed by atoms with Gasteiger partial charge in [0.15, 0.2) is 0 Å². The molecule has 0 radical (unpaired) electrons. The van der Waals surface area contributed by atoms with Crippen LogP contribution in [0.4, 0.5) is 4.79 Å². The maximum Gasteiger partial charge on any atom is 0.408 e. The molecule has 0 bridgehead atoms. The lowest BCUT2D eigenvalue weighted by Gasteiger charge is -2.22. The van der Waals surface area contributed by atoms with E-state index in [2.05, 4.69) is 56.6 Å². The molecule has 0 saturated carbocycles. The quantitative estimate of drug-likeness (QED) is 0.213. The Morgan fingerprint density at radius 1 is 0.941 bits per heavy atom. The molecule has 0 heterocycles. The summed E-state index contributed by atoms with van der Waals surface area (Å²) in [5.41, 5.74) is 3.31. The minimum atomic E-state index is -1.11. The summed E-state index contributed by atoms with van der Waals surface area (Å²) < 4.78 is 5.12. The second-order valence-electron chi connectivity index (χ2n) is 9.76. The van der Waals surface area contributed by atoms with Crippen LogP contribution >= 0.6 is 11.8 Å². The number of amides is 2. The molecule has 8 heteroatoms. The average Bonchev–Trinajstić information content (AvgIpc) is 2.67. The zero-order valence-corrected chi connectivity index (χ0v) is 22.9. The molecule has 2 amide bonds. The van der Waals surface area contributed by atoms with Gasteiger partial charge in [-0.15, -0.1) is 0 Å². The van der Waals surface area contributed by atoms with Gasteiger partial charge in [0, 0.05) is 11.5 Å². The van der Waals surface area contributed by atoms with Gasteiger partial charge in [0.1, 0.15) is 17.7 Å². The summed E-state index contributed by atoms with van der Waals surface area (Å²) in [4.78, 5) is 35.6. The molecule has 2 atom stereocenters. The van der Waals surface area contributed by atoms with Crippen molar-refractivity contribution in [3.8, 4) is 0 Å². The number of carboxylic acid groups (broad SMARTS) is 1. The van der Waals surface area contributed by atoms with E-state index in [0.29, 0.717) is 5.75 Å². The van der Waals surface area contributed by atoms with Crippen molar-refractivity contribution in [3.05, 3.63) is 34.9 Å². The summed E-state index contributed by atoms with van der Waals surface area (Å²) in [5.74, 6) is -0.787. The lowest BCUT2D eigenvalue weighted by molar-refractivity contribution is -0.141. The third-order valence-electron chi connectivity index (χ3n) is 4.70. The van der Waals surface area contributed by atoms with E-state index in [-0.39, 0.29) is 5.75 Å². The largest absolute Gasteiger partial charge is 0.480 e. The Bertz CT molecular complexity index is 762. The molecular formula is C26H44N2O5S. The average molecular weight is 497 g/mol. The Kier molecular flexibility index (Phi) is 15.3. The summed E-state index contributed by atoms with van der Waals surface area (Å²) in [5, 5.41) is 14.3. The molecule has 0 aromatic carbocycles. The summed E-state index contributed by atoms with van der Waals surface area (Å²) in [7, 11) is 0. The molecule has 0 rings (SSSR count). The van der Waals surface area contributed by atoms with Gasteiger partial charge in [-0.2, -0.15) is 11.8 Å². The first-order valence-corrected chi connectivity index (χ1v) is 12.9. The van der Waals surface area contributed by atoms with Crippen LogP contribution in [-0.4, -0.2) is 52.3 Å². The Morgan fingerprint density at radius 3 is 2.03 bits per heavy atom. The molecule has 0 aromatic rings. The molecule has 1 unspecified atom stereocenters. The fourth-order valence-corrected chi connectivity index (χ4v) is 3.75. The van der Waals surface area contributed by atoms with Gasteiger partial charge in [0.05, 0.1) is 0 Å². The third-order valence-corrected chi connectivity index (χ3v) is 5.67. The molecule has 0 aliphatic rings. The van der Waals surface area contributed by atoms with Crippen LogP contribution in [0.2, 0.25) is 0 Å². The first kappa shape index (κ1) is 31.8. The van der Waals surface area contributed by atoms with Crippen LogP contribution in [0.25, 0.3) is 0 Å². The minimum absolute atomic E-state index is 0.230. The maximum absolute atomic E-state index is 12.3. The minimum Gasteiger partial charge on any atom is -0.480 e. The van der Waals surface area contributed by atoms with E-state index in [1.165, 1.54) is 35.4 Å². The van der Waals surface area contributed by atoms with Crippen LogP contribution < -0.4 is 10.6 Å². The number of carbonyl (C=O) groups excluding carboxylic acids is 2. The van der Waals surface area contributed by atoms with Crippen molar-refractivity contribution in [3.63, 3.8) is 0 Å². The van der Waals surface area contributed by atoms with E-state index in [1.54, 1.807) is 20.8 Å². The van der Waals surface area contributed by atoms with E-state index in [0.717, 1.165) is 25.7 Å². The van der Waals surface area contributed by atoms with Crippen LogP contribution in [0.3, 0.4) is 0 Å². The molecule has 0 saturated heterocycles. The van der Waals surface area contributed by atoms with Crippen molar-refractivity contribution in [1.82, 2.24) is 10.6 Å². The number of hydrogen-bond acceptors (Lipinski definition) is 5. The van der Waals surface area contributed by atoms with Gasteiger partial charge < -0.3 is 20.5 Å². The predicted octanol–water partition coefficient (Wildman–Crippen LogP) is 5.62. The Labute approximate surface area is 209 Å². The Hall–Kier alpha value is -2.22. The van der Waals surface area contributed by atoms with Crippen molar-refractivity contribution in [1.29, 1.82) is 0 Å². The van der Waals surface area contributed by atoms with Crippen LogP contribution in [0.15, 0.2) is 34.9 Å². The summed E-state index contributed by atoms with van der Waals surface area (Å²) >= 11 is 1.44. The van der Waals surface area contributed by atoms with Gasteiger partial charge in [-0.05, 0) is 81.1 Å². The third kappa shape index (κ3) is 17.3. The smallest absolute Gasteiger partial charge is 0.408 e. The Morgan fingerprint density at radius 2 is 1.50 bits per heavy atom. The maximum atomic E-state index is 12.3. The first-order valence-electron chi connectivity index (χ1n) is 11.8. The number of ether oxygens (including phenoxy) is 1. The second kappa shape index (κ2) is 16.4. The molecule has 0 aliphatic carbocycles. The molecular weight excluding hydrogens is 452 g/mol. The Balaban J connectivity index is 4.44. The highest BCUT2D eigenvalue weighted by atomic mass is 32.2. The zero-order chi connectivity index (χ0) is 26.3. The molecule has 34 heavy (non-hydrogen) atoms. The number of carbonyl (C=O) groups is 3. The van der Waals surface area contributed by atoms with Gasteiger partial charge in [0.25, 0.3) is 0 Å². The topological polar surface area (TPSA) is 105 Å². The number of allylic oxidation sites excluding steroid dienone is 5. The summed E-state index contributed by atoms with van der Waals surface area (Å²) in [6, 6.07) is -1.96. The van der Waals surface area contributed by atoms with Crippen molar-refractivity contribution < 1.29 is 24.2 Å². The molecule has 3 N–H and O–H groups in total. The van der Waals surface area contributed by atoms with E-state index < -0.39 is 35.7 Å². The number of aliphatic carboxylic acids is 1. The monoisotopic (exact) mass is 496 g/mol. The fourth-order valence-electron chi connectivity index (χ4n) is 2.75. The van der Waals surface area contributed by atoms with E-state index in [1.807, 2.05) is 0 Å². The molecule has 7 nitrogen and oxygen atoms in total. The van der Waals surface area contributed by atoms with E-state index >= 15 is 0 Å². The number of thioether (sulfide) groups is 1. The number of hydrogen-bond donors (Lipinski definition) is 3. The molecule has 0 aromatic heterocycles. The highest BCUT2D eigenvalue weighted by Crippen LogP contribution is 2.13. The first-order chi connectivity index (χ1) is 15.7. The van der Waals surface area contributed by atoms with Gasteiger partial charge >= 0.3 is 12.1 Å². The van der Waals surface area contributed by atoms with Crippen molar-refractivity contribution >= 4 is 29.7 Å². The SMILES string of the molecule is CC(C)=CCC/C(C)=C/CC/C(C)=C/CSC[C@H](NC(=O)C(C)NC(=O)OC(C)(C)C)C(=O)O. The number of rotatable bonds is 14. The summed E-state index contributed by atoms with van der Waals surface area (Å²) in [6.45, 7) is 15.1. The lowest BCUT2D eigenvalue weighted by atomic mass is 10.1. The molecule has 194 valence electrons. The fraction of sp³-hybridized carbons (Fsp3) is 0.654. The van der Waals surface area contributed by atoms with Crippen LogP contribution in [-0.2, 0) is 14.3 Å². The van der Waals surface area contributed by atoms with Crippen molar-refractivity contribution in [2.45, 2.75) is 98.8 Å². The van der Waals surface area contributed by atoms with Crippen molar-refractivity contribution in [2.75, 3.05) is 11.5 Å². The highest BCUT2D eigenvalue weighted by Gasteiger charge is 2.25. The number of alkyl carbamates (subject to hydrolysis) is 1. The zero-order valence-electron chi connectivity index (χ0n) is 22.1. The normalized spacial score (nSPS) is 14.1. The van der Waals surface area contributed by atoms with Crippen LogP contribution in [0.1, 0.15) is 81.1 Å². The van der Waals surface area contributed by atoms with Crippen molar-refractivity contribution in [2.24, 2.45) is 0 Å². The molecule has 0 aliphatic heterocycles. The predicted molar refractivity (Wildman–Crippen MR) is 141 cm³/mol. The van der Waals surface area contributed by atoms with Gasteiger partial charge in [0.2, 0.25) is 5.91 Å². The summed E-state index contributed by atoms with van der Waals surface area (Å²) in [6.07, 6.45) is 10.0.